The highest BCUT2D eigenvalue weighted by molar-refractivity contribution is 7.92. The molecule has 0 bridgehead atoms. The fourth-order valence-electron chi connectivity index (χ4n) is 3.84. The molecule has 8 nitrogen and oxygen atoms in total. The first-order chi connectivity index (χ1) is 18.1. The lowest BCUT2D eigenvalue weighted by Gasteiger charge is -2.32. The monoisotopic (exact) mass is 557 g/mol. The molecule has 0 aromatic heterocycles. The summed E-state index contributed by atoms with van der Waals surface area (Å²) in [5.41, 5.74) is 1.81. The van der Waals surface area contributed by atoms with Crippen LogP contribution in [0, 0.1) is 6.92 Å². The van der Waals surface area contributed by atoms with E-state index in [1.807, 2.05) is 6.92 Å². The Morgan fingerprint density at radius 2 is 1.63 bits per heavy atom. The van der Waals surface area contributed by atoms with Crippen molar-refractivity contribution in [1.29, 1.82) is 0 Å². The minimum absolute atomic E-state index is 0.0225. The molecule has 0 aliphatic heterocycles. The number of halogens is 1. The summed E-state index contributed by atoms with van der Waals surface area (Å²) in [4.78, 5) is 28.0. The van der Waals surface area contributed by atoms with Gasteiger partial charge in [-0.05, 0) is 62.7 Å². The van der Waals surface area contributed by atoms with Crippen LogP contribution in [0.3, 0.4) is 0 Å². The van der Waals surface area contributed by atoms with Gasteiger partial charge in [0.05, 0.1) is 22.7 Å². The fraction of sp³-hybridized carbons (Fsp3) is 0.286. The van der Waals surface area contributed by atoms with E-state index < -0.39 is 28.5 Å². The molecule has 1 N–H and O–H groups in total. The molecular formula is C28H32ClN3O5S. The minimum atomic E-state index is -4.18. The van der Waals surface area contributed by atoms with Crippen molar-refractivity contribution in [3.8, 4) is 5.75 Å². The number of amides is 2. The molecule has 0 saturated carbocycles. The lowest BCUT2D eigenvalue weighted by molar-refractivity contribution is -0.139. The number of nitrogens with one attached hydrogen (secondary N) is 1. The second-order valence-corrected chi connectivity index (χ2v) is 11.0. The third kappa shape index (κ3) is 6.85. The number of rotatable bonds is 11. The maximum Gasteiger partial charge on any atom is 0.264 e. The molecule has 0 aliphatic rings. The van der Waals surface area contributed by atoms with E-state index in [9.17, 15) is 18.0 Å². The maximum atomic E-state index is 13.8. The molecule has 0 spiro atoms. The van der Waals surface area contributed by atoms with Crippen molar-refractivity contribution in [1.82, 2.24) is 10.2 Å². The number of hydrogen-bond donors (Lipinski definition) is 1. The lowest BCUT2D eigenvalue weighted by Crippen LogP contribution is -2.51. The highest BCUT2D eigenvalue weighted by atomic mass is 35.5. The molecule has 10 heteroatoms. The Morgan fingerprint density at radius 1 is 1.00 bits per heavy atom. The summed E-state index contributed by atoms with van der Waals surface area (Å²) >= 11 is 6.41. The normalized spacial score (nSPS) is 11.9. The number of methoxy groups -OCH3 is 1. The number of ether oxygens (including phenoxy) is 1. The van der Waals surface area contributed by atoms with Gasteiger partial charge in [0, 0.05) is 13.1 Å². The van der Waals surface area contributed by atoms with Crippen LogP contribution in [0.1, 0.15) is 25.0 Å². The molecule has 3 aromatic rings. The highest BCUT2D eigenvalue weighted by Gasteiger charge is 2.33. The van der Waals surface area contributed by atoms with Crippen LogP contribution < -0.4 is 14.4 Å². The standard InChI is InChI=1S/C28H32ClN3O5S/c1-5-30-28(34)21(3)31(18-22-12-14-23(37-4)15-13-22)27(33)19-32(26-9-7-6-8-25(26)29)38(35,36)24-16-10-20(2)11-17-24/h6-17,21H,5,18-19H2,1-4H3,(H,30,34)/t21-/m0/s1. The van der Waals surface area contributed by atoms with Gasteiger partial charge in [0.25, 0.3) is 10.0 Å². The van der Waals surface area contributed by atoms with Crippen molar-refractivity contribution in [3.63, 3.8) is 0 Å². The Bertz CT molecular complexity index is 1360. The summed E-state index contributed by atoms with van der Waals surface area (Å²) < 4.78 is 33.8. The van der Waals surface area contributed by atoms with Crippen molar-refractivity contribution >= 4 is 39.1 Å². The van der Waals surface area contributed by atoms with E-state index in [0.717, 1.165) is 15.4 Å². The topological polar surface area (TPSA) is 96.0 Å². The third-order valence-corrected chi connectivity index (χ3v) is 8.13. The second kappa shape index (κ2) is 12.8. The zero-order chi connectivity index (χ0) is 27.9. The van der Waals surface area contributed by atoms with Crippen molar-refractivity contribution in [3.05, 3.63) is 88.9 Å². The van der Waals surface area contributed by atoms with Crippen molar-refractivity contribution in [2.45, 2.75) is 38.3 Å². The molecule has 3 rings (SSSR count). The Hall–Kier alpha value is -3.56. The van der Waals surface area contributed by atoms with E-state index >= 15 is 0 Å². The molecule has 0 aliphatic carbocycles. The zero-order valence-electron chi connectivity index (χ0n) is 21.8. The molecule has 0 unspecified atom stereocenters. The number of carbonyl (C=O) groups is 2. The molecular weight excluding hydrogens is 526 g/mol. The van der Waals surface area contributed by atoms with E-state index in [1.54, 1.807) is 81.6 Å². The quantitative estimate of drug-likeness (QED) is 0.377. The van der Waals surface area contributed by atoms with Crippen LogP contribution in [0.2, 0.25) is 5.02 Å². The van der Waals surface area contributed by atoms with Gasteiger partial charge in [0.15, 0.2) is 0 Å². The van der Waals surface area contributed by atoms with Gasteiger partial charge in [-0.25, -0.2) is 8.42 Å². The van der Waals surface area contributed by atoms with Gasteiger partial charge in [-0.3, -0.25) is 13.9 Å². The average Bonchev–Trinajstić information content (AvgIpc) is 2.91. The Balaban J connectivity index is 2.03. The first-order valence-corrected chi connectivity index (χ1v) is 13.9. The molecule has 0 fully saturated rings. The van der Waals surface area contributed by atoms with E-state index in [2.05, 4.69) is 5.32 Å². The number of likely N-dealkylation sites (N-methyl/N-ethyl adjacent to an activating group) is 1. The van der Waals surface area contributed by atoms with Crippen LogP contribution in [-0.2, 0) is 26.2 Å². The maximum absolute atomic E-state index is 13.8. The van der Waals surface area contributed by atoms with Crippen molar-refractivity contribution in [2.75, 3.05) is 24.5 Å². The number of anilines is 1. The number of aryl methyl sites for hydroxylation is 1. The first kappa shape index (κ1) is 29.0. The molecule has 3 aromatic carbocycles. The van der Waals surface area contributed by atoms with E-state index in [1.165, 1.54) is 17.0 Å². The largest absolute Gasteiger partial charge is 0.497 e. The Labute approximate surface area is 229 Å². The smallest absolute Gasteiger partial charge is 0.264 e. The molecule has 2 amide bonds. The molecule has 0 radical (unpaired) electrons. The number of hydrogen-bond acceptors (Lipinski definition) is 5. The summed E-state index contributed by atoms with van der Waals surface area (Å²) in [7, 11) is -2.62. The number of sulfonamides is 1. The van der Waals surface area contributed by atoms with Crippen LogP contribution in [0.4, 0.5) is 5.69 Å². The van der Waals surface area contributed by atoms with Crippen molar-refractivity contribution in [2.24, 2.45) is 0 Å². The Morgan fingerprint density at radius 3 is 2.21 bits per heavy atom. The van der Waals surface area contributed by atoms with Gasteiger partial charge < -0.3 is 15.0 Å². The van der Waals surface area contributed by atoms with Gasteiger partial charge in [-0.15, -0.1) is 0 Å². The van der Waals surface area contributed by atoms with Crippen LogP contribution in [-0.4, -0.2) is 51.4 Å². The predicted molar refractivity (Wildman–Crippen MR) is 149 cm³/mol. The predicted octanol–water partition coefficient (Wildman–Crippen LogP) is 4.41. The summed E-state index contributed by atoms with van der Waals surface area (Å²) in [6.45, 7) is 5.17. The summed E-state index contributed by atoms with van der Waals surface area (Å²) in [5.74, 6) is -0.257. The molecule has 1 atom stereocenters. The van der Waals surface area contributed by atoms with Gasteiger partial charge in [-0.2, -0.15) is 0 Å². The summed E-state index contributed by atoms with van der Waals surface area (Å²) in [6, 6.07) is 19.0. The highest BCUT2D eigenvalue weighted by Crippen LogP contribution is 2.31. The zero-order valence-corrected chi connectivity index (χ0v) is 23.4. The fourth-order valence-corrected chi connectivity index (χ4v) is 5.56. The second-order valence-electron chi connectivity index (χ2n) is 8.72. The van der Waals surface area contributed by atoms with Crippen LogP contribution >= 0.6 is 11.6 Å². The Kier molecular flexibility index (Phi) is 9.77. The van der Waals surface area contributed by atoms with E-state index in [0.29, 0.717) is 12.3 Å². The molecule has 38 heavy (non-hydrogen) atoms. The van der Waals surface area contributed by atoms with Gasteiger partial charge >= 0.3 is 0 Å². The van der Waals surface area contributed by atoms with Gasteiger partial charge in [0.2, 0.25) is 11.8 Å². The summed E-state index contributed by atoms with van der Waals surface area (Å²) in [6.07, 6.45) is 0. The minimum Gasteiger partial charge on any atom is -0.497 e. The van der Waals surface area contributed by atoms with E-state index in [4.69, 9.17) is 16.3 Å². The number of benzene rings is 3. The molecule has 0 heterocycles. The van der Waals surface area contributed by atoms with Crippen molar-refractivity contribution < 1.29 is 22.7 Å². The molecule has 202 valence electrons. The SMILES string of the molecule is CCNC(=O)[C@H](C)N(Cc1ccc(OC)cc1)C(=O)CN(c1ccccc1Cl)S(=O)(=O)c1ccc(C)cc1. The molecule has 0 saturated heterocycles. The average molecular weight is 558 g/mol. The van der Waals surface area contributed by atoms with Gasteiger partial charge in [0.1, 0.15) is 18.3 Å². The number of nitrogens with zero attached hydrogens (tertiary/aromatic N) is 2. The number of carbonyl (C=O) groups excluding carboxylic acids is 2. The van der Waals surface area contributed by atoms with E-state index in [-0.39, 0.29) is 28.1 Å². The first-order valence-electron chi connectivity index (χ1n) is 12.1. The lowest BCUT2D eigenvalue weighted by atomic mass is 10.1. The number of para-hydroxylation sites is 1. The summed E-state index contributed by atoms with van der Waals surface area (Å²) in [5, 5.41) is 2.91. The van der Waals surface area contributed by atoms with Crippen LogP contribution in [0.25, 0.3) is 0 Å². The van der Waals surface area contributed by atoms with Crippen LogP contribution in [0.5, 0.6) is 5.75 Å². The van der Waals surface area contributed by atoms with Crippen LogP contribution in [0.15, 0.2) is 77.7 Å². The third-order valence-electron chi connectivity index (χ3n) is 6.04. The van der Waals surface area contributed by atoms with Gasteiger partial charge in [-0.1, -0.05) is 53.6 Å².